The molecule has 1 aromatic rings. The highest BCUT2D eigenvalue weighted by atomic mass is 32.2. The molecule has 0 saturated carbocycles. The summed E-state index contributed by atoms with van der Waals surface area (Å²) in [6.45, 7) is 5.43. The van der Waals surface area contributed by atoms with Gasteiger partial charge in [-0.15, -0.1) is 0 Å². The van der Waals surface area contributed by atoms with Crippen LogP contribution in [-0.2, 0) is 9.84 Å². The van der Waals surface area contributed by atoms with Gasteiger partial charge in [-0.1, -0.05) is 25.1 Å². The molecule has 0 aliphatic carbocycles. The quantitative estimate of drug-likeness (QED) is 0.868. The zero-order valence-electron chi connectivity index (χ0n) is 12.7. The summed E-state index contributed by atoms with van der Waals surface area (Å²) in [6, 6.07) is 10.2. The molecule has 2 rings (SSSR count). The molecule has 4 nitrogen and oxygen atoms in total. The van der Waals surface area contributed by atoms with Crippen molar-refractivity contribution in [2.45, 2.75) is 25.3 Å². The van der Waals surface area contributed by atoms with Crippen LogP contribution in [0.4, 0.5) is 5.69 Å². The normalized spacial score (nSPS) is 21.9. The molecular weight excluding hydrogens is 304 g/mol. The summed E-state index contributed by atoms with van der Waals surface area (Å²) >= 11 is 1.74. The Balaban J connectivity index is 2.00. The summed E-state index contributed by atoms with van der Waals surface area (Å²) in [7, 11) is -3.02. The summed E-state index contributed by atoms with van der Waals surface area (Å²) in [4.78, 5) is 2.14. The van der Waals surface area contributed by atoms with Gasteiger partial charge >= 0.3 is 0 Å². The van der Waals surface area contributed by atoms with Crippen LogP contribution in [0.25, 0.3) is 0 Å². The van der Waals surface area contributed by atoms with E-state index in [1.165, 1.54) is 0 Å². The minimum Gasteiger partial charge on any atom is -0.383 e. The second-order valence-electron chi connectivity index (χ2n) is 5.31. The fourth-order valence-corrected chi connectivity index (χ4v) is 5.67. The van der Waals surface area contributed by atoms with Crippen molar-refractivity contribution < 1.29 is 8.42 Å². The highest BCUT2D eigenvalue weighted by Gasteiger charge is 2.35. The predicted molar refractivity (Wildman–Crippen MR) is 91.7 cm³/mol. The van der Waals surface area contributed by atoms with Gasteiger partial charge in [0.2, 0.25) is 0 Å². The topological polar surface area (TPSA) is 49.4 Å². The summed E-state index contributed by atoms with van der Waals surface area (Å²) in [5, 5.41) is 3.05. The summed E-state index contributed by atoms with van der Waals surface area (Å²) in [5.41, 5.74) is 1.07. The first-order valence-corrected chi connectivity index (χ1v) is 10.3. The van der Waals surface area contributed by atoms with Gasteiger partial charge in [-0.2, -0.15) is 11.8 Å². The Hall–Kier alpha value is -0.720. The van der Waals surface area contributed by atoms with Gasteiger partial charge in [0.1, 0.15) is 5.37 Å². The van der Waals surface area contributed by atoms with Crippen molar-refractivity contribution in [2.24, 2.45) is 0 Å². The molecule has 21 heavy (non-hydrogen) atoms. The van der Waals surface area contributed by atoms with Crippen LogP contribution in [0.15, 0.2) is 30.3 Å². The molecule has 0 bridgehead atoms. The third kappa shape index (κ3) is 4.37. The minimum atomic E-state index is -3.02. The molecule has 1 saturated heterocycles. The number of sulfone groups is 1. The first kappa shape index (κ1) is 16.6. The molecule has 1 heterocycles. The van der Waals surface area contributed by atoms with Gasteiger partial charge in [-0.05, 0) is 19.1 Å². The molecule has 118 valence electrons. The van der Waals surface area contributed by atoms with Crippen molar-refractivity contribution in [1.29, 1.82) is 0 Å². The van der Waals surface area contributed by atoms with Crippen LogP contribution in [0.2, 0.25) is 0 Å². The Bertz CT molecular complexity index is 534. The maximum Gasteiger partial charge on any atom is 0.166 e. The molecule has 2 atom stereocenters. The first-order valence-electron chi connectivity index (χ1n) is 7.38. The van der Waals surface area contributed by atoms with E-state index in [9.17, 15) is 8.42 Å². The minimum absolute atomic E-state index is 0.192. The predicted octanol–water partition coefficient (Wildman–Crippen LogP) is 2.30. The summed E-state index contributed by atoms with van der Waals surface area (Å²) < 4.78 is 24.5. The van der Waals surface area contributed by atoms with Crippen molar-refractivity contribution >= 4 is 27.3 Å². The van der Waals surface area contributed by atoms with E-state index >= 15 is 0 Å². The third-order valence-electron chi connectivity index (χ3n) is 3.88. The maximum absolute atomic E-state index is 12.3. The standard InChI is InChI=1S/C15H24N2O2S2/c1-3-21(18,19)15-12-20-10-9-17(15)13(2)11-16-14-7-5-4-6-8-14/h4-8,13,15-16H,3,9-12H2,1-2H3. The molecule has 1 fully saturated rings. The number of anilines is 1. The van der Waals surface area contributed by atoms with Gasteiger partial charge in [-0.3, -0.25) is 4.90 Å². The van der Waals surface area contributed by atoms with Crippen molar-refractivity contribution in [1.82, 2.24) is 4.90 Å². The number of hydrogen-bond donors (Lipinski definition) is 1. The second-order valence-corrected chi connectivity index (χ2v) is 8.91. The monoisotopic (exact) mass is 328 g/mol. The van der Waals surface area contributed by atoms with Gasteiger partial charge in [0.15, 0.2) is 9.84 Å². The SMILES string of the molecule is CCS(=O)(=O)C1CSCCN1C(C)CNc1ccccc1. The van der Waals surface area contributed by atoms with Crippen LogP contribution in [-0.4, -0.2) is 55.1 Å². The Morgan fingerprint density at radius 2 is 2.10 bits per heavy atom. The lowest BCUT2D eigenvalue weighted by Gasteiger charge is -2.39. The van der Waals surface area contributed by atoms with E-state index in [0.717, 1.165) is 24.5 Å². The van der Waals surface area contributed by atoms with E-state index in [0.29, 0.717) is 5.75 Å². The number of para-hydroxylation sites is 1. The first-order chi connectivity index (χ1) is 10.0. The van der Waals surface area contributed by atoms with E-state index in [2.05, 4.69) is 17.1 Å². The van der Waals surface area contributed by atoms with Gasteiger partial charge < -0.3 is 5.32 Å². The molecule has 1 aliphatic rings. The molecular formula is C15H24N2O2S2. The van der Waals surface area contributed by atoms with Gasteiger partial charge in [0, 0.05) is 42.1 Å². The highest BCUT2D eigenvalue weighted by molar-refractivity contribution is 8.01. The maximum atomic E-state index is 12.3. The number of nitrogens with one attached hydrogen (secondary N) is 1. The van der Waals surface area contributed by atoms with Crippen LogP contribution in [0.1, 0.15) is 13.8 Å². The molecule has 0 radical (unpaired) electrons. The lowest BCUT2D eigenvalue weighted by molar-refractivity contribution is 0.212. The average molecular weight is 329 g/mol. The van der Waals surface area contributed by atoms with E-state index in [-0.39, 0.29) is 17.2 Å². The molecule has 0 amide bonds. The number of nitrogens with zero attached hydrogens (tertiary/aromatic N) is 1. The van der Waals surface area contributed by atoms with Gasteiger partial charge in [-0.25, -0.2) is 8.42 Å². The molecule has 1 N–H and O–H groups in total. The lowest BCUT2D eigenvalue weighted by atomic mass is 10.2. The van der Waals surface area contributed by atoms with Crippen LogP contribution in [0.3, 0.4) is 0 Å². The van der Waals surface area contributed by atoms with Gasteiger partial charge in [0.25, 0.3) is 0 Å². The Kier molecular flexibility index (Phi) is 5.96. The van der Waals surface area contributed by atoms with E-state index < -0.39 is 9.84 Å². The van der Waals surface area contributed by atoms with Crippen LogP contribution in [0, 0.1) is 0 Å². The molecule has 0 spiro atoms. The smallest absolute Gasteiger partial charge is 0.166 e. The van der Waals surface area contributed by atoms with E-state index in [1.807, 2.05) is 30.3 Å². The average Bonchev–Trinajstić information content (AvgIpc) is 2.53. The molecule has 1 aliphatic heterocycles. The number of hydrogen-bond acceptors (Lipinski definition) is 5. The molecule has 1 aromatic carbocycles. The molecule has 0 aromatic heterocycles. The Morgan fingerprint density at radius 1 is 1.38 bits per heavy atom. The summed E-state index contributed by atoms with van der Waals surface area (Å²) in [5.74, 6) is 1.91. The van der Waals surface area contributed by atoms with E-state index in [4.69, 9.17) is 0 Å². The van der Waals surface area contributed by atoms with Crippen molar-refractivity contribution in [2.75, 3.05) is 35.7 Å². The van der Waals surface area contributed by atoms with Gasteiger partial charge in [0.05, 0.1) is 0 Å². The number of thioether (sulfide) groups is 1. The third-order valence-corrected chi connectivity index (χ3v) is 7.19. The zero-order valence-corrected chi connectivity index (χ0v) is 14.3. The fraction of sp³-hybridized carbons (Fsp3) is 0.600. The zero-order chi connectivity index (χ0) is 15.3. The second kappa shape index (κ2) is 7.51. The molecule has 2 unspecified atom stereocenters. The lowest BCUT2D eigenvalue weighted by Crippen LogP contribution is -2.53. The van der Waals surface area contributed by atoms with Crippen LogP contribution < -0.4 is 5.32 Å². The largest absolute Gasteiger partial charge is 0.383 e. The summed E-state index contributed by atoms with van der Waals surface area (Å²) in [6.07, 6.45) is 0. The van der Waals surface area contributed by atoms with Crippen molar-refractivity contribution in [3.63, 3.8) is 0 Å². The van der Waals surface area contributed by atoms with Crippen LogP contribution >= 0.6 is 11.8 Å². The molecule has 6 heteroatoms. The van der Waals surface area contributed by atoms with Crippen LogP contribution in [0.5, 0.6) is 0 Å². The highest BCUT2D eigenvalue weighted by Crippen LogP contribution is 2.23. The Labute approximate surface area is 132 Å². The van der Waals surface area contributed by atoms with Crippen molar-refractivity contribution in [3.05, 3.63) is 30.3 Å². The fourth-order valence-electron chi connectivity index (χ4n) is 2.54. The number of benzene rings is 1. The Morgan fingerprint density at radius 3 is 2.76 bits per heavy atom. The van der Waals surface area contributed by atoms with E-state index in [1.54, 1.807) is 18.7 Å². The van der Waals surface area contributed by atoms with Crippen molar-refractivity contribution in [3.8, 4) is 0 Å². The number of rotatable bonds is 6.